The second kappa shape index (κ2) is 7.45. The number of Topliss-reactive ketones (excluding diaryl/α,β-unsaturated/α-hetero) is 2. The van der Waals surface area contributed by atoms with Crippen molar-refractivity contribution in [2.75, 3.05) is 0 Å². The van der Waals surface area contributed by atoms with Gasteiger partial charge in [0.2, 0.25) is 0 Å². The lowest BCUT2D eigenvalue weighted by Gasteiger charge is -2.07. The summed E-state index contributed by atoms with van der Waals surface area (Å²) in [7, 11) is 0. The molecule has 2 aromatic carbocycles. The predicted octanol–water partition coefficient (Wildman–Crippen LogP) is 8.10. The number of thiazole rings is 1. The Bertz CT molecular complexity index is 1340. The molecule has 0 saturated heterocycles. The SMILES string of the molecule is O=C1C(=Cc2cc3sc(-c4ccccc4)nc3s2)C(=O)c2c(Cl)c(Cl)c(Cl)c(Cl)c21. The highest BCUT2D eigenvalue weighted by Gasteiger charge is 2.39. The topological polar surface area (TPSA) is 47.0 Å². The fourth-order valence-electron chi connectivity index (χ4n) is 3.23. The van der Waals surface area contributed by atoms with Gasteiger partial charge in [-0.3, -0.25) is 9.59 Å². The summed E-state index contributed by atoms with van der Waals surface area (Å²) < 4.78 is 0.975. The lowest BCUT2D eigenvalue weighted by atomic mass is 10.1. The summed E-state index contributed by atoms with van der Waals surface area (Å²) in [5.74, 6) is -1.04. The number of hydrogen-bond acceptors (Lipinski definition) is 5. The number of rotatable bonds is 2. The van der Waals surface area contributed by atoms with Crippen LogP contribution in [0.2, 0.25) is 20.1 Å². The molecule has 9 heteroatoms. The molecule has 0 radical (unpaired) electrons. The first-order valence-electron chi connectivity index (χ1n) is 8.49. The van der Waals surface area contributed by atoms with E-state index in [2.05, 4.69) is 4.98 Å². The maximum atomic E-state index is 12.9. The molecule has 2 aromatic heterocycles. The van der Waals surface area contributed by atoms with Crippen LogP contribution in [-0.2, 0) is 0 Å². The van der Waals surface area contributed by atoms with Gasteiger partial charge in [-0.05, 0) is 12.1 Å². The molecule has 4 aromatic rings. The van der Waals surface area contributed by atoms with Crippen LogP contribution >= 0.6 is 69.1 Å². The lowest BCUT2D eigenvalue weighted by molar-refractivity contribution is 0.0990. The van der Waals surface area contributed by atoms with E-state index in [1.165, 1.54) is 11.3 Å². The minimum atomic E-state index is -0.518. The van der Waals surface area contributed by atoms with Gasteiger partial charge in [-0.2, -0.15) is 0 Å². The summed E-state index contributed by atoms with van der Waals surface area (Å²) in [6, 6.07) is 11.8. The monoisotopic (exact) mass is 509 g/mol. The quantitative estimate of drug-likeness (QED) is 0.118. The molecule has 5 rings (SSSR count). The molecule has 0 unspecified atom stereocenters. The van der Waals surface area contributed by atoms with Crippen molar-refractivity contribution in [3.8, 4) is 10.6 Å². The van der Waals surface area contributed by atoms with Crippen LogP contribution in [-0.4, -0.2) is 16.6 Å². The van der Waals surface area contributed by atoms with Crippen LogP contribution in [0.15, 0.2) is 42.0 Å². The first-order chi connectivity index (χ1) is 14.4. The molecule has 30 heavy (non-hydrogen) atoms. The van der Waals surface area contributed by atoms with Crippen LogP contribution in [0.3, 0.4) is 0 Å². The Balaban J connectivity index is 1.57. The molecule has 2 heterocycles. The van der Waals surface area contributed by atoms with E-state index in [9.17, 15) is 9.59 Å². The van der Waals surface area contributed by atoms with E-state index in [0.717, 1.165) is 25.0 Å². The van der Waals surface area contributed by atoms with Gasteiger partial charge in [0.05, 0.1) is 41.5 Å². The Kier molecular flexibility index (Phi) is 5.01. The molecule has 0 atom stereocenters. The Hall–Kier alpha value is -1.73. The number of carbonyl (C=O) groups is 2. The molecule has 0 saturated carbocycles. The number of hydrogen-bond donors (Lipinski definition) is 0. The van der Waals surface area contributed by atoms with Crippen molar-refractivity contribution in [3.63, 3.8) is 0 Å². The molecule has 0 bridgehead atoms. The summed E-state index contributed by atoms with van der Waals surface area (Å²) in [6.07, 6.45) is 1.54. The summed E-state index contributed by atoms with van der Waals surface area (Å²) in [4.78, 5) is 32.0. The van der Waals surface area contributed by atoms with Gasteiger partial charge in [0, 0.05) is 10.4 Å². The Morgan fingerprint density at radius 1 is 0.800 bits per heavy atom. The predicted molar refractivity (Wildman–Crippen MR) is 126 cm³/mol. The minimum Gasteiger partial charge on any atom is -0.288 e. The third-order valence-corrected chi connectivity index (χ3v) is 8.58. The second-order valence-electron chi connectivity index (χ2n) is 6.43. The Morgan fingerprint density at radius 3 is 1.97 bits per heavy atom. The van der Waals surface area contributed by atoms with E-state index in [0.29, 0.717) is 0 Å². The van der Waals surface area contributed by atoms with Crippen LogP contribution in [0.1, 0.15) is 25.6 Å². The fraction of sp³-hybridized carbons (Fsp3) is 0. The number of benzene rings is 2. The summed E-state index contributed by atoms with van der Waals surface area (Å²) in [5, 5.41) is 0.699. The van der Waals surface area contributed by atoms with Crippen molar-refractivity contribution < 1.29 is 9.59 Å². The molecular weight excluding hydrogens is 504 g/mol. The van der Waals surface area contributed by atoms with Crippen LogP contribution in [0.5, 0.6) is 0 Å². The van der Waals surface area contributed by atoms with Crippen molar-refractivity contribution in [1.82, 2.24) is 4.98 Å². The van der Waals surface area contributed by atoms with E-state index in [-0.39, 0.29) is 36.8 Å². The summed E-state index contributed by atoms with van der Waals surface area (Å²) in [6.45, 7) is 0. The molecule has 3 nitrogen and oxygen atoms in total. The largest absolute Gasteiger partial charge is 0.288 e. The van der Waals surface area contributed by atoms with E-state index in [4.69, 9.17) is 46.4 Å². The number of thiophene rings is 1. The van der Waals surface area contributed by atoms with E-state index in [1.54, 1.807) is 17.4 Å². The fourth-order valence-corrected chi connectivity index (χ4v) is 6.43. The molecule has 148 valence electrons. The third kappa shape index (κ3) is 3.04. The molecule has 1 aliphatic carbocycles. The average Bonchev–Trinajstić information content (AvgIpc) is 3.38. The zero-order valence-corrected chi connectivity index (χ0v) is 19.3. The number of ketones is 2. The van der Waals surface area contributed by atoms with Crippen LogP contribution < -0.4 is 0 Å². The Morgan fingerprint density at radius 2 is 1.40 bits per heavy atom. The summed E-state index contributed by atoms with van der Waals surface area (Å²) >= 11 is 27.4. The van der Waals surface area contributed by atoms with Crippen LogP contribution in [0.25, 0.3) is 26.2 Å². The highest BCUT2D eigenvalue weighted by molar-refractivity contribution is 7.29. The lowest BCUT2D eigenvalue weighted by Crippen LogP contribution is -2.00. The molecular formula is C21H7Cl4NO2S2. The molecule has 1 aliphatic rings. The van der Waals surface area contributed by atoms with E-state index >= 15 is 0 Å². The first kappa shape index (κ1) is 20.2. The number of fused-ring (bicyclic) bond motifs is 2. The minimum absolute atomic E-state index is 0.00447. The number of halogens is 4. The normalized spacial score (nSPS) is 13.4. The average molecular weight is 511 g/mol. The Labute approximate surface area is 198 Å². The van der Waals surface area contributed by atoms with E-state index in [1.807, 2.05) is 36.4 Å². The second-order valence-corrected chi connectivity index (χ2v) is 10.0. The van der Waals surface area contributed by atoms with Crippen molar-refractivity contribution in [2.24, 2.45) is 0 Å². The van der Waals surface area contributed by atoms with Gasteiger partial charge >= 0.3 is 0 Å². The molecule has 0 aliphatic heterocycles. The van der Waals surface area contributed by atoms with Crippen molar-refractivity contribution >= 4 is 96.3 Å². The third-order valence-electron chi connectivity index (χ3n) is 4.63. The molecule has 0 N–H and O–H groups in total. The van der Waals surface area contributed by atoms with Gasteiger partial charge in [0.15, 0.2) is 11.6 Å². The molecule has 0 amide bonds. The van der Waals surface area contributed by atoms with Crippen LogP contribution in [0, 0.1) is 0 Å². The maximum absolute atomic E-state index is 12.9. The van der Waals surface area contributed by atoms with Gasteiger partial charge in [-0.1, -0.05) is 76.7 Å². The van der Waals surface area contributed by atoms with E-state index < -0.39 is 11.6 Å². The first-order valence-corrected chi connectivity index (χ1v) is 11.6. The zero-order chi connectivity index (χ0) is 21.2. The van der Waals surface area contributed by atoms with Crippen molar-refractivity contribution in [1.29, 1.82) is 0 Å². The number of allylic oxidation sites excluding steroid dienone is 1. The van der Waals surface area contributed by atoms with Crippen molar-refractivity contribution in [2.45, 2.75) is 0 Å². The molecule has 0 fully saturated rings. The van der Waals surface area contributed by atoms with Gasteiger partial charge in [-0.15, -0.1) is 22.7 Å². The smallest absolute Gasteiger partial charge is 0.199 e. The standard InChI is InChI=1S/C21H7Cl4NO2S2/c22-14-12-13(15(23)17(25)16(14)24)19(28)10(18(12)27)6-9-7-11-21(29-9)26-20(30-11)8-4-2-1-3-5-8/h1-7H. The van der Waals surface area contributed by atoms with Gasteiger partial charge in [0.1, 0.15) is 9.84 Å². The number of nitrogens with zero attached hydrogens (tertiary/aromatic N) is 1. The van der Waals surface area contributed by atoms with Gasteiger partial charge in [-0.25, -0.2) is 4.98 Å². The molecule has 0 spiro atoms. The highest BCUT2D eigenvalue weighted by Crippen LogP contribution is 2.46. The maximum Gasteiger partial charge on any atom is 0.199 e. The number of carbonyl (C=O) groups excluding carboxylic acids is 2. The highest BCUT2D eigenvalue weighted by atomic mass is 35.5. The zero-order valence-electron chi connectivity index (χ0n) is 14.6. The van der Waals surface area contributed by atoms with Gasteiger partial charge < -0.3 is 0 Å². The number of aromatic nitrogens is 1. The van der Waals surface area contributed by atoms with Crippen molar-refractivity contribution in [3.05, 3.63) is 78.1 Å². The van der Waals surface area contributed by atoms with Crippen LogP contribution in [0.4, 0.5) is 0 Å². The van der Waals surface area contributed by atoms with Gasteiger partial charge in [0.25, 0.3) is 0 Å². The summed E-state index contributed by atoms with van der Waals surface area (Å²) in [5.41, 5.74) is 1.01.